The predicted molar refractivity (Wildman–Crippen MR) is 44.1 cm³/mol. The van der Waals surface area contributed by atoms with Crippen LogP contribution in [0.4, 0.5) is 0 Å². The second-order valence-corrected chi connectivity index (χ2v) is 1.92. The van der Waals surface area contributed by atoms with E-state index in [2.05, 4.69) is 0 Å². The minimum atomic E-state index is 0. The van der Waals surface area contributed by atoms with Gasteiger partial charge in [0.1, 0.15) is 0 Å². The molecule has 0 radical (unpaired) electrons. The summed E-state index contributed by atoms with van der Waals surface area (Å²) in [6.07, 6.45) is 0. The molecule has 0 nitrogen and oxygen atoms in total. The van der Waals surface area contributed by atoms with Gasteiger partial charge in [-0.1, -0.05) is 0 Å². The average molecular weight is 226 g/mol. The molecule has 0 N–H and O–H groups in total. The van der Waals surface area contributed by atoms with E-state index in [1.165, 1.54) is 0 Å². The minimum absolute atomic E-state index is 0. The van der Waals surface area contributed by atoms with Crippen LogP contribution in [0.25, 0.3) is 0 Å². The van der Waals surface area contributed by atoms with E-state index < -0.39 is 0 Å². The van der Waals surface area contributed by atoms with Crippen LogP contribution < -0.4 is 0 Å². The molecule has 0 aliphatic rings. The molecule has 0 spiro atoms. The molecule has 0 aliphatic carbocycles. The minimum Gasteiger partial charge on any atom is -0.748 e. The summed E-state index contributed by atoms with van der Waals surface area (Å²) in [5.41, 5.74) is 0. The topological polar surface area (TPSA) is 0 Å². The summed E-state index contributed by atoms with van der Waals surface area (Å²) in [7, 11) is 0. The molecular weight excluding hydrogens is 216 g/mol. The maximum absolute atomic E-state index is 2.00. The molecule has 0 aromatic heterocycles. The molecule has 62 valence electrons. The van der Waals surface area contributed by atoms with Gasteiger partial charge in [0.05, 0.1) is 0 Å². The average Bonchev–Trinajstić information content (AvgIpc) is 2.67. The molecule has 2 aromatic rings. The molecule has 2 aromatic carbocycles. The van der Waals surface area contributed by atoms with Crippen molar-refractivity contribution in [3.8, 4) is 0 Å². The summed E-state index contributed by atoms with van der Waals surface area (Å²) in [4.78, 5) is 0. The maximum atomic E-state index is 2.00. The van der Waals surface area contributed by atoms with Crippen molar-refractivity contribution in [3.05, 3.63) is 60.7 Å². The first kappa shape index (κ1) is 10.4. The van der Waals surface area contributed by atoms with E-state index in [0.29, 0.717) is 0 Å². The third-order valence-corrected chi connectivity index (χ3v) is 1.11. The normalized spacial score (nSPS) is 7.27. The van der Waals surface area contributed by atoms with Crippen LogP contribution in [0.1, 0.15) is 0 Å². The fourth-order valence-corrected chi connectivity index (χ4v) is 0.642. The van der Waals surface area contributed by atoms with Gasteiger partial charge in [-0.25, -0.2) is 12.1 Å². The van der Waals surface area contributed by atoms with Crippen molar-refractivity contribution in [2.75, 3.05) is 0 Å². The Morgan fingerprint density at radius 3 is 1.18 bits per heavy atom. The van der Waals surface area contributed by atoms with Gasteiger partial charge >= 0.3 is 0 Å². The third-order valence-electron chi connectivity index (χ3n) is 1.11. The van der Waals surface area contributed by atoms with Gasteiger partial charge in [-0.2, -0.15) is 18.2 Å². The molecule has 0 atom stereocenters. The molecule has 0 saturated heterocycles. The Morgan fingerprint density at radius 1 is 0.636 bits per heavy atom. The van der Waals surface area contributed by atoms with Gasteiger partial charge in [0.25, 0.3) is 0 Å². The molecule has 0 bridgehead atoms. The zero-order valence-electron chi connectivity index (χ0n) is 6.18. The van der Waals surface area contributed by atoms with E-state index >= 15 is 0 Å². The van der Waals surface area contributed by atoms with E-state index in [1.54, 1.807) is 0 Å². The van der Waals surface area contributed by atoms with Crippen LogP contribution in [0, 0.1) is 0 Å². The molecular formula is C10H10Mo-6. The van der Waals surface area contributed by atoms with Crippen molar-refractivity contribution in [2.45, 2.75) is 0 Å². The first-order chi connectivity index (χ1) is 5.00. The van der Waals surface area contributed by atoms with Gasteiger partial charge in [-0.05, 0) is 0 Å². The summed E-state index contributed by atoms with van der Waals surface area (Å²) in [5.74, 6) is 0. The van der Waals surface area contributed by atoms with Gasteiger partial charge < -0.3 is 30.3 Å². The maximum Gasteiger partial charge on any atom is 0 e. The molecule has 0 fully saturated rings. The Bertz CT molecular complexity index is 144. The van der Waals surface area contributed by atoms with Crippen LogP contribution in [0.15, 0.2) is 60.7 Å². The summed E-state index contributed by atoms with van der Waals surface area (Å²) >= 11 is 0. The summed E-state index contributed by atoms with van der Waals surface area (Å²) in [6.45, 7) is 0. The largest absolute Gasteiger partial charge is 0.748 e. The Hall–Kier alpha value is -0.612. The third kappa shape index (κ3) is 5.81. The number of hydrogen-bond acceptors (Lipinski definition) is 0. The zero-order valence-corrected chi connectivity index (χ0v) is 8.19. The van der Waals surface area contributed by atoms with Crippen molar-refractivity contribution in [3.63, 3.8) is 0 Å². The first-order valence-electron chi connectivity index (χ1n) is 3.33. The van der Waals surface area contributed by atoms with Crippen LogP contribution in [0.5, 0.6) is 0 Å². The standard InChI is InChI=1S/2C5H5.Mo/c2*1-2-4-5-3-1;/h2*1-5H;/q-5;-1;. The first-order valence-corrected chi connectivity index (χ1v) is 3.33. The Kier molecular flexibility index (Phi) is 7.08. The van der Waals surface area contributed by atoms with Crippen molar-refractivity contribution < 1.29 is 21.1 Å². The fourth-order valence-electron chi connectivity index (χ4n) is 0.642. The fraction of sp³-hybridized carbons (Fsp3) is 0. The van der Waals surface area contributed by atoms with Crippen LogP contribution in [0.3, 0.4) is 0 Å². The molecule has 0 aliphatic heterocycles. The summed E-state index contributed by atoms with van der Waals surface area (Å²) in [6, 6.07) is 20.0. The Labute approximate surface area is 81.9 Å². The van der Waals surface area contributed by atoms with E-state index in [4.69, 9.17) is 0 Å². The second kappa shape index (κ2) is 7.49. The Morgan fingerprint density at radius 2 is 1.00 bits per heavy atom. The number of hydrogen-bond donors (Lipinski definition) is 0. The van der Waals surface area contributed by atoms with Crippen molar-refractivity contribution in [2.24, 2.45) is 0 Å². The SMILES string of the molecule is [Mo].[cH-]1[cH-][cH-][cH-][cH-]1.c1cc[cH-]c1. The second-order valence-electron chi connectivity index (χ2n) is 1.92. The molecule has 0 unspecified atom stereocenters. The Balaban J connectivity index is 0.000000167. The van der Waals surface area contributed by atoms with E-state index in [1.807, 2.05) is 60.7 Å². The van der Waals surface area contributed by atoms with Crippen molar-refractivity contribution >= 4 is 0 Å². The molecule has 2 rings (SSSR count). The van der Waals surface area contributed by atoms with Gasteiger partial charge in [-0.3, -0.25) is 0 Å². The van der Waals surface area contributed by atoms with Gasteiger partial charge in [0.2, 0.25) is 0 Å². The molecule has 0 amide bonds. The summed E-state index contributed by atoms with van der Waals surface area (Å²) < 4.78 is 0. The van der Waals surface area contributed by atoms with Crippen molar-refractivity contribution in [1.29, 1.82) is 0 Å². The smallest absolute Gasteiger partial charge is 0 e. The molecule has 1 heteroatoms. The zero-order chi connectivity index (χ0) is 7.07. The van der Waals surface area contributed by atoms with Gasteiger partial charge in [0, 0.05) is 21.1 Å². The monoisotopic (exact) mass is 228 g/mol. The molecule has 11 heavy (non-hydrogen) atoms. The van der Waals surface area contributed by atoms with Gasteiger partial charge in [-0.15, -0.1) is 0 Å². The van der Waals surface area contributed by atoms with E-state index in [-0.39, 0.29) is 21.1 Å². The van der Waals surface area contributed by atoms with Crippen LogP contribution >= 0.6 is 0 Å². The van der Waals surface area contributed by atoms with E-state index in [9.17, 15) is 0 Å². The van der Waals surface area contributed by atoms with E-state index in [0.717, 1.165) is 0 Å². The van der Waals surface area contributed by atoms with Crippen LogP contribution in [-0.4, -0.2) is 0 Å². The quantitative estimate of drug-likeness (QED) is 0.478. The van der Waals surface area contributed by atoms with Crippen molar-refractivity contribution in [1.82, 2.24) is 0 Å². The number of rotatable bonds is 0. The van der Waals surface area contributed by atoms with Gasteiger partial charge in [0.15, 0.2) is 0 Å². The molecule has 0 saturated carbocycles. The van der Waals surface area contributed by atoms with Crippen LogP contribution in [0.2, 0.25) is 0 Å². The van der Waals surface area contributed by atoms with Crippen LogP contribution in [-0.2, 0) is 21.1 Å². The molecule has 0 heterocycles. The summed E-state index contributed by atoms with van der Waals surface area (Å²) in [5, 5.41) is 0. The predicted octanol–water partition coefficient (Wildman–Crippen LogP) is 2.81.